The molecule has 0 atom stereocenters. The molecule has 128 valence electrons. The molecule has 9 heteroatoms. The third-order valence-electron chi connectivity index (χ3n) is 3.51. The van der Waals surface area contributed by atoms with E-state index < -0.39 is 4.92 Å². The summed E-state index contributed by atoms with van der Waals surface area (Å²) in [6.45, 7) is 0. The number of nitrogens with one attached hydrogen (secondary N) is 1. The zero-order valence-corrected chi connectivity index (χ0v) is 14.9. The Hall–Kier alpha value is -2.94. The van der Waals surface area contributed by atoms with Crippen LogP contribution in [0.2, 0.25) is 0 Å². The van der Waals surface area contributed by atoms with Gasteiger partial charge in [0.25, 0.3) is 0 Å². The van der Waals surface area contributed by atoms with Gasteiger partial charge in [-0.2, -0.15) is 0 Å². The van der Waals surface area contributed by atoms with E-state index in [1.54, 1.807) is 6.07 Å². The fourth-order valence-corrected chi connectivity index (χ4v) is 2.88. The van der Waals surface area contributed by atoms with Crippen molar-refractivity contribution >= 4 is 44.0 Å². The van der Waals surface area contributed by atoms with E-state index in [-0.39, 0.29) is 22.6 Å². The molecule has 0 saturated heterocycles. The molecular weight excluding hydrogens is 392 g/mol. The lowest BCUT2D eigenvalue weighted by atomic mass is 10.1. The first kappa shape index (κ1) is 16.9. The normalized spacial score (nSPS) is 10.5. The molecule has 0 radical (unpaired) electrons. The Bertz CT molecular complexity index is 964. The van der Waals surface area contributed by atoms with Crippen molar-refractivity contribution in [2.45, 2.75) is 0 Å². The van der Waals surface area contributed by atoms with Gasteiger partial charge >= 0.3 is 5.69 Å². The van der Waals surface area contributed by atoms with Crippen LogP contribution in [0.25, 0.3) is 10.9 Å². The van der Waals surface area contributed by atoms with Crippen LogP contribution in [-0.4, -0.2) is 29.1 Å². The van der Waals surface area contributed by atoms with Crippen molar-refractivity contribution in [3.05, 3.63) is 51.2 Å². The van der Waals surface area contributed by atoms with Crippen LogP contribution in [-0.2, 0) is 0 Å². The number of anilines is 2. The minimum absolute atomic E-state index is 0.0205. The van der Waals surface area contributed by atoms with Crippen molar-refractivity contribution in [3.8, 4) is 11.5 Å². The molecule has 0 fully saturated rings. The van der Waals surface area contributed by atoms with Crippen molar-refractivity contribution in [2.24, 2.45) is 0 Å². The summed E-state index contributed by atoms with van der Waals surface area (Å²) in [7, 11) is 2.76. The molecule has 0 amide bonds. The summed E-state index contributed by atoms with van der Waals surface area (Å²) in [5.41, 5.74) is 0.838. The summed E-state index contributed by atoms with van der Waals surface area (Å²) in [5, 5.41) is 15.0. The minimum atomic E-state index is -0.529. The SMILES string of the molecule is COc1cc2ncnc(Nc3cccc(Br)c3)c2c([N+](=O)[O-])c1OC. The molecule has 8 nitrogen and oxygen atoms in total. The number of nitrogens with zero attached hydrogens (tertiary/aromatic N) is 3. The predicted molar refractivity (Wildman–Crippen MR) is 96.7 cm³/mol. The number of fused-ring (bicyclic) bond motifs is 1. The molecule has 0 bridgehead atoms. The number of hydrogen-bond acceptors (Lipinski definition) is 7. The topological polar surface area (TPSA) is 99.4 Å². The average molecular weight is 405 g/mol. The quantitative estimate of drug-likeness (QED) is 0.505. The molecule has 0 aliphatic heterocycles. The van der Waals surface area contributed by atoms with Gasteiger partial charge in [0.15, 0.2) is 5.75 Å². The number of ether oxygens (including phenoxy) is 2. The predicted octanol–water partition coefficient (Wildman–Crippen LogP) is 4.06. The standard InChI is InChI=1S/C16H13BrN4O4/c1-24-12-7-11-13(14(21(22)23)15(12)25-2)16(19-8-18-11)20-10-5-3-4-9(17)6-10/h3-8H,1-2H3,(H,18,19,20). The Morgan fingerprint density at radius 2 is 2.00 bits per heavy atom. The van der Waals surface area contributed by atoms with Crippen LogP contribution in [0.4, 0.5) is 17.2 Å². The van der Waals surface area contributed by atoms with Crippen LogP contribution in [0.3, 0.4) is 0 Å². The smallest absolute Gasteiger partial charge is 0.327 e. The molecule has 0 unspecified atom stereocenters. The molecule has 0 spiro atoms. The Labute approximate surface area is 151 Å². The van der Waals surface area contributed by atoms with Gasteiger partial charge in [-0.25, -0.2) is 9.97 Å². The van der Waals surface area contributed by atoms with E-state index in [0.717, 1.165) is 10.2 Å². The highest BCUT2D eigenvalue weighted by Gasteiger charge is 2.28. The monoisotopic (exact) mass is 404 g/mol. The zero-order chi connectivity index (χ0) is 18.0. The molecule has 3 aromatic rings. The number of nitro groups is 1. The maximum Gasteiger partial charge on any atom is 0.327 e. The fraction of sp³-hybridized carbons (Fsp3) is 0.125. The van der Waals surface area contributed by atoms with Crippen molar-refractivity contribution in [1.29, 1.82) is 0 Å². The second-order valence-electron chi connectivity index (χ2n) is 4.97. The van der Waals surface area contributed by atoms with Crippen molar-refractivity contribution in [1.82, 2.24) is 9.97 Å². The number of methoxy groups -OCH3 is 2. The highest BCUT2D eigenvalue weighted by Crippen LogP contribution is 2.44. The van der Waals surface area contributed by atoms with Crippen LogP contribution < -0.4 is 14.8 Å². The first-order valence-corrected chi connectivity index (χ1v) is 7.91. The fourth-order valence-electron chi connectivity index (χ4n) is 2.48. The van der Waals surface area contributed by atoms with Gasteiger partial charge < -0.3 is 14.8 Å². The van der Waals surface area contributed by atoms with E-state index in [0.29, 0.717) is 11.3 Å². The molecule has 2 aromatic carbocycles. The highest BCUT2D eigenvalue weighted by molar-refractivity contribution is 9.10. The van der Waals surface area contributed by atoms with Gasteiger partial charge in [-0.1, -0.05) is 22.0 Å². The summed E-state index contributed by atoms with van der Waals surface area (Å²) in [5.74, 6) is 0.552. The van der Waals surface area contributed by atoms with E-state index in [9.17, 15) is 10.1 Å². The van der Waals surface area contributed by atoms with E-state index in [2.05, 4.69) is 31.2 Å². The molecule has 0 aliphatic carbocycles. The van der Waals surface area contributed by atoms with Gasteiger partial charge in [-0.05, 0) is 18.2 Å². The summed E-state index contributed by atoms with van der Waals surface area (Å²) in [6, 6.07) is 8.95. The molecule has 25 heavy (non-hydrogen) atoms. The Kier molecular flexibility index (Phi) is 4.66. The van der Waals surface area contributed by atoms with Crippen LogP contribution in [0.5, 0.6) is 11.5 Å². The van der Waals surface area contributed by atoms with Gasteiger partial charge in [0.05, 0.1) is 24.7 Å². The molecular formula is C16H13BrN4O4. The number of benzene rings is 2. The van der Waals surface area contributed by atoms with Gasteiger partial charge in [-0.3, -0.25) is 10.1 Å². The maximum atomic E-state index is 11.7. The zero-order valence-electron chi connectivity index (χ0n) is 13.3. The Morgan fingerprint density at radius 1 is 1.20 bits per heavy atom. The van der Waals surface area contributed by atoms with Crippen molar-refractivity contribution < 1.29 is 14.4 Å². The van der Waals surface area contributed by atoms with Gasteiger partial charge in [0, 0.05) is 16.2 Å². The highest BCUT2D eigenvalue weighted by atomic mass is 79.9. The van der Waals surface area contributed by atoms with E-state index in [1.165, 1.54) is 20.5 Å². The lowest BCUT2D eigenvalue weighted by molar-refractivity contribution is -0.384. The summed E-state index contributed by atoms with van der Waals surface area (Å²) in [4.78, 5) is 19.5. The second-order valence-corrected chi connectivity index (χ2v) is 5.89. The van der Waals surface area contributed by atoms with E-state index >= 15 is 0 Å². The second kappa shape index (κ2) is 6.89. The molecule has 3 rings (SSSR count). The number of halogens is 1. The first-order valence-electron chi connectivity index (χ1n) is 7.11. The molecule has 1 heterocycles. The maximum absolute atomic E-state index is 11.7. The molecule has 0 aliphatic rings. The van der Waals surface area contributed by atoms with Crippen LogP contribution >= 0.6 is 15.9 Å². The van der Waals surface area contributed by atoms with E-state index in [1.807, 2.05) is 24.3 Å². The first-order chi connectivity index (χ1) is 12.0. The number of hydrogen-bond donors (Lipinski definition) is 1. The largest absolute Gasteiger partial charge is 0.493 e. The Morgan fingerprint density at radius 3 is 2.64 bits per heavy atom. The molecule has 1 aromatic heterocycles. The van der Waals surface area contributed by atoms with Crippen LogP contribution in [0.15, 0.2) is 41.1 Å². The molecule has 0 saturated carbocycles. The lowest BCUT2D eigenvalue weighted by Crippen LogP contribution is -2.02. The number of aromatic nitrogens is 2. The average Bonchev–Trinajstić information content (AvgIpc) is 2.60. The third-order valence-corrected chi connectivity index (χ3v) is 4.01. The minimum Gasteiger partial charge on any atom is -0.493 e. The summed E-state index contributed by atoms with van der Waals surface area (Å²) >= 11 is 3.39. The Balaban J connectivity index is 2.28. The van der Waals surface area contributed by atoms with Crippen LogP contribution in [0.1, 0.15) is 0 Å². The van der Waals surface area contributed by atoms with Gasteiger partial charge in [-0.15, -0.1) is 0 Å². The van der Waals surface area contributed by atoms with Gasteiger partial charge in [0.1, 0.15) is 17.5 Å². The third kappa shape index (κ3) is 3.18. The summed E-state index contributed by atoms with van der Waals surface area (Å²) < 4.78 is 11.3. The molecule has 1 N–H and O–H groups in total. The number of rotatable bonds is 5. The number of nitro benzene ring substituents is 1. The van der Waals surface area contributed by atoms with E-state index in [4.69, 9.17) is 9.47 Å². The van der Waals surface area contributed by atoms with Crippen LogP contribution in [0, 0.1) is 10.1 Å². The van der Waals surface area contributed by atoms with Crippen molar-refractivity contribution in [2.75, 3.05) is 19.5 Å². The lowest BCUT2D eigenvalue weighted by Gasteiger charge is -2.13. The van der Waals surface area contributed by atoms with Gasteiger partial charge in [0.2, 0.25) is 5.75 Å². The van der Waals surface area contributed by atoms with Crippen molar-refractivity contribution in [3.63, 3.8) is 0 Å². The summed E-state index contributed by atoms with van der Waals surface area (Å²) in [6.07, 6.45) is 1.33.